The zero-order chi connectivity index (χ0) is 28.9. The van der Waals surface area contributed by atoms with Crippen molar-refractivity contribution in [1.82, 2.24) is 9.66 Å². The van der Waals surface area contributed by atoms with Crippen LogP contribution < -0.4 is 20.3 Å². The number of nitrogens with one attached hydrogen (secondary N) is 1. The maximum absolute atomic E-state index is 13.5. The van der Waals surface area contributed by atoms with Gasteiger partial charge < -0.3 is 14.8 Å². The molecule has 4 aromatic rings. The Morgan fingerprint density at radius 2 is 1.88 bits per heavy atom. The van der Waals surface area contributed by atoms with Crippen molar-refractivity contribution < 1.29 is 14.3 Å². The molecule has 1 fully saturated rings. The molecule has 1 amide bonds. The average Bonchev–Trinajstić information content (AvgIpc) is 2.99. The number of benzene rings is 3. The van der Waals surface area contributed by atoms with Crippen LogP contribution in [-0.2, 0) is 4.79 Å². The summed E-state index contributed by atoms with van der Waals surface area (Å²) in [5.41, 5.74) is 1.57. The number of hydrogen-bond acceptors (Lipinski definition) is 6. The molecule has 41 heavy (non-hydrogen) atoms. The van der Waals surface area contributed by atoms with E-state index in [1.54, 1.807) is 42.6 Å². The predicted octanol–water partition coefficient (Wildman–Crippen LogP) is 7.42. The molecule has 8 nitrogen and oxygen atoms in total. The number of halogens is 3. The number of methoxy groups -OCH3 is 1. The van der Waals surface area contributed by atoms with E-state index >= 15 is 0 Å². The first-order chi connectivity index (χ1) is 19.9. The summed E-state index contributed by atoms with van der Waals surface area (Å²) in [4.78, 5) is 30.8. The molecule has 1 aromatic heterocycles. The van der Waals surface area contributed by atoms with Crippen LogP contribution in [0.5, 0.6) is 11.5 Å². The van der Waals surface area contributed by atoms with Crippen LogP contribution in [0.2, 0.25) is 10.0 Å². The highest BCUT2D eigenvalue weighted by Crippen LogP contribution is 2.42. The van der Waals surface area contributed by atoms with Crippen molar-refractivity contribution in [3.63, 3.8) is 0 Å². The minimum atomic E-state index is -0.384. The quantitative estimate of drug-likeness (QED) is 0.199. The molecular weight excluding hydrogens is 631 g/mol. The standard InChI is InChI=1S/C30H27BrCl2N4O4/c1-40-24-15-19(26(31)27(33)28(24)41-17-25(38)35-21-13-11-20(32)12-14-21)16-34-37-29(18-7-3-2-4-8-18)36-23-10-6-5-9-22(23)30(37)39/h5-6,9-16,18H,2-4,7-8,17H2,1H3,(H,35,38). The molecule has 11 heteroatoms. The lowest BCUT2D eigenvalue weighted by Gasteiger charge is -2.22. The fourth-order valence-corrected chi connectivity index (χ4v) is 5.63. The Bertz CT molecular complexity index is 1670. The fourth-order valence-electron chi connectivity index (χ4n) is 4.85. The van der Waals surface area contributed by atoms with Crippen molar-refractivity contribution in [2.24, 2.45) is 5.10 Å². The van der Waals surface area contributed by atoms with Gasteiger partial charge in [0.2, 0.25) is 0 Å². The molecule has 1 aliphatic carbocycles. The van der Waals surface area contributed by atoms with Crippen molar-refractivity contribution >= 4 is 67.8 Å². The summed E-state index contributed by atoms with van der Waals surface area (Å²) in [5.74, 6) is 0.915. The summed E-state index contributed by atoms with van der Waals surface area (Å²) in [6, 6.07) is 15.7. The van der Waals surface area contributed by atoms with E-state index in [4.69, 9.17) is 37.7 Å². The number of carbonyl (C=O) groups excluding carboxylic acids is 1. The first kappa shape index (κ1) is 29.1. The summed E-state index contributed by atoms with van der Waals surface area (Å²) in [6.07, 6.45) is 6.82. The van der Waals surface area contributed by atoms with Gasteiger partial charge in [0, 0.05) is 26.7 Å². The molecule has 5 rings (SSSR count). The lowest BCUT2D eigenvalue weighted by Crippen LogP contribution is -2.25. The van der Waals surface area contributed by atoms with Crippen molar-refractivity contribution in [2.75, 3.05) is 19.0 Å². The largest absolute Gasteiger partial charge is 0.493 e. The molecule has 212 valence electrons. The summed E-state index contributed by atoms with van der Waals surface area (Å²) in [7, 11) is 1.47. The summed E-state index contributed by atoms with van der Waals surface area (Å²) in [5, 5.41) is 8.59. The highest BCUT2D eigenvalue weighted by Gasteiger charge is 2.23. The Hall–Kier alpha value is -3.40. The van der Waals surface area contributed by atoms with Gasteiger partial charge in [0.1, 0.15) is 10.8 Å². The number of rotatable bonds is 8. The fraction of sp³-hybridized carbons (Fsp3) is 0.267. The molecule has 0 unspecified atom stereocenters. The number of fused-ring (bicyclic) bond motifs is 1. The number of nitrogens with zero attached hydrogens (tertiary/aromatic N) is 3. The van der Waals surface area contributed by atoms with E-state index in [0.717, 1.165) is 25.7 Å². The molecule has 0 spiro atoms. The molecule has 0 saturated heterocycles. The number of aromatic nitrogens is 2. The molecule has 0 atom stereocenters. The topological polar surface area (TPSA) is 94.8 Å². The SMILES string of the molecule is COc1cc(C=Nn2c(C3CCCCC3)nc3ccccc3c2=O)c(Br)c(Cl)c1OCC(=O)Nc1ccc(Cl)cc1. The van der Waals surface area contributed by atoms with Gasteiger partial charge in [-0.25, -0.2) is 4.98 Å². The number of anilines is 1. The van der Waals surface area contributed by atoms with Crippen molar-refractivity contribution in [3.05, 3.63) is 90.9 Å². The highest BCUT2D eigenvalue weighted by atomic mass is 79.9. The van der Waals surface area contributed by atoms with Gasteiger partial charge in [-0.3, -0.25) is 9.59 Å². The average molecular weight is 658 g/mol. The summed E-state index contributed by atoms with van der Waals surface area (Å²) >= 11 is 16.1. The molecule has 1 aliphatic rings. The highest BCUT2D eigenvalue weighted by molar-refractivity contribution is 9.10. The Morgan fingerprint density at radius 1 is 1.15 bits per heavy atom. The maximum atomic E-state index is 13.5. The Kier molecular flexibility index (Phi) is 9.27. The van der Waals surface area contributed by atoms with Crippen LogP contribution in [0.1, 0.15) is 49.4 Å². The van der Waals surface area contributed by atoms with Gasteiger partial charge >= 0.3 is 0 Å². The van der Waals surface area contributed by atoms with Crippen LogP contribution in [0.25, 0.3) is 10.9 Å². The third-order valence-electron chi connectivity index (χ3n) is 6.91. The van der Waals surface area contributed by atoms with Crippen molar-refractivity contribution in [1.29, 1.82) is 0 Å². The normalized spacial score (nSPS) is 14.0. The summed E-state index contributed by atoms with van der Waals surface area (Å²) < 4.78 is 13.1. The van der Waals surface area contributed by atoms with Crippen molar-refractivity contribution in [2.45, 2.75) is 38.0 Å². The minimum absolute atomic E-state index is 0.148. The molecule has 0 aliphatic heterocycles. The molecule has 1 heterocycles. The molecular formula is C30H27BrCl2N4O4. The maximum Gasteiger partial charge on any atom is 0.282 e. The van der Waals surface area contributed by atoms with E-state index in [-0.39, 0.29) is 34.8 Å². The zero-order valence-corrected chi connectivity index (χ0v) is 25.3. The van der Waals surface area contributed by atoms with Gasteiger partial charge in [0.05, 0.1) is 24.2 Å². The predicted molar refractivity (Wildman–Crippen MR) is 166 cm³/mol. The van der Waals surface area contributed by atoms with E-state index in [9.17, 15) is 9.59 Å². The van der Waals surface area contributed by atoms with Gasteiger partial charge in [0.15, 0.2) is 18.1 Å². The van der Waals surface area contributed by atoms with Crippen LogP contribution in [0.4, 0.5) is 5.69 Å². The monoisotopic (exact) mass is 656 g/mol. The number of ether oxygens (including phenoxy) is 2. The van der Waals surface area contributed by atoms with Gasteiger partial charge in [-0.15, -0.1) is 0 Å². The first-order valence-electron chi connectivity index (χ1n) is 13.2. The number of amides is 1. The molecule has 1 N–H and O–H groups in total. The minimum Gasteiger partial charge on any atom is -0.493 e. The zero-order valence-electron chi connectivity index (χ0n) is 22.2. The second-order valence-corrected chi connectivity index (χ2v) is 11.3. The van der Waals surface area contributed by atoms with E-state index in [1.165, 1.54) is 18.2 Å². The van der Waals surface area contributed by atoms with Crippen LogP contribution in [0, 0.1) is 0 Å². The smallest absolute Gasteiger partial charge is 0.282 e. The first-order valence-corrected chi connectivity index (χ1v) is 14.7. The molecule has 3 aromatic carbocycles. The number of carbonyl (C=O) groups is 1. The lowest BCUT2D eigenvalue weighted by atomic mass is 9.88. The molecule has 0 radical (unpaired) electrons. The van der Waals surface area contributed by atoms with Gasteiger partial charge in [-0.2, -0.15) is 9.78 Å². The Balaban J connectivity index is 1.43. The third kappa shape index (κ3) is 6.58. The van der Waals surface area contributed by atoms with Crippen LogP contribution in [-0.4, -0.2) is 35.5 Å². The molecule has 0 bridgehead atoms. The van der Waals surface area contributed by atoms with E-state index < -0.39 is 0 Å². The number of para-hydroxylation sites is 1. The van der Waals surface area contributed by atoms with E-state index in [1.807, 2.05) is 18.2 Å². The summed E-state index contributed by atoms with van der Waals surface area (Å²) in [6.45, 7) is -0.304. The number of hydrogen-bond donors (Lipinski definition) is 1. The van der Waals surface area contributed by atoms with Crippen LogP contribution >= 0.6 is 39.1 Å². The van der Waals surface area contributed by atoms with Gasteiger partial charge in [-0.1, -0.05) is 54.6 Å². The van der Waals surface area contributed by atoms with Crippen molar-refractivity contribution in [3.8, 4) is 11.5 Å². The third-order valence-corrected chi connectivity index (χ3v) is 8.61. The lowest BCUT2D eigenvalue weighted by molar-refractivity contribution is -0.118. The van der Waals surface area contributed by atoms with Gasteiger partial charge in [0.25, 0.3) is 11.5 Å². The van der Waals surface area contributed by atoms with Crippen LogP contribution in [0.3, 0.4) is 0 Å². The van der Waals surface area contributed by atoms with E-state index in [2.05, 4.69) is 26.3 Å². The second kappa shape index (κ2) is 13.1. The van der Waals surface area contributed by atoms with Gasteiger partial charge in [-0.05, 0) is 71.2 Å². The van der Waals surface area contributed by atoms with E-state index in [0.29, 0.717) is 43.2 Å². The van der Waals surface area contributed by atoms with Crippen LogP contribution in [0.15, 0.2) is 69.0 Å². The second-order valence-electron chi connectivity index (χ2n) is 9.65. The Morgan fingerprint density at radius 3 is 2.61 bits per heavy atom. The Labute approximate surface area is 255 Å². The molecule has 1 saturated carbocycles.